The van der Waals surface area contributed by atoms with Crippen molar-refractivity contribution in [3.05, 3.63) is 78.4 Å². The van der Waals surface area contributed by atoms with Crippen LogP contribution in [0.15, 0.2) is 98.1 Å². The average Bonchev–Trinajstić information content (AvgIpc) is 3.21. The maximum absolute atomic E-state index is 12.8. The number of phenols is 3. The van der Waals surface area contributed by atoms with Crippen LogP contribution in [0.25, 0.3) is 21.5 Å². The summed E-state index contributed by atoms with van der Waals surface area (Å²) in [5.41, 5.74) is 0.911. The molecule has 1 amide bonds. The molecule has 27 nitrogen and oxygen atoms in total. The Labute approximate surface area is 412 Å². The van der Waals surface area contributed by atoms with Crippen LogP contribution in [0.5, 0.6) is 17.2 Å². The van der Waals surface area contributed by atoms with Crippen molar-refractivity contribution in [2.75, 3.05) is 23.4 Å². The summed E-state index contributed by atoms with van der Waals surface area (Å²) in [6, 6.07) is 17.1. The van der Waals surface area contributed by atoms with Gasteiger partial charge in [-0.2, -0.15) is 21.9 Å². The number of benzene rings is 5. The zero-order valence-electron chi connectivity index (χ0n) is 35.3. The molecular weight excluding hydrogens is 1110 g/mol. The van der Waals surface area contributed by atoms with Crippen LogP contribution in [0.4, 0.5) is 28.4 Å². The van der Waals surface area contributed by atoms with Gasteiger partial charge in [-0.25, -0.2) is 12.6 Å². The van der Waals surface area contributed by atoms with Gasteiger partial charge in [0.15, 0.2) is 11.5 Å². The van der Waals surface area contributed by atoms with Gasteiger partial charge in [-0.1, -0.05) is 25.1 Å². The van der Waals surface area contributed by atoms with E-state index in [1.54, 1.807) is 31.2 Å². The molecule has 0 saturated heterocycles. The first-order valence-electron chi connectivity index (χ1n) is 18.6. The number of hydrogen-bond acceptors (Lipinski definition) is 24. The molecule has 5 aromatic rings. The van der Waals surface area contributed by atoms with Crippen molar-refractivity contribution in [2.45, 2.75) is 43.9 Å². The SMILES string of the molecule is CCCS(=O)(=O)CCCC(=O)Nc1cc(S(=O)(=O)O)cc2ccc(N=Nc3ccc4c(O)c(N=Nc5ccc(CCCOS(=O)(=O)O)cc5O)ccc4c3)c(O)c12.O=S(=O)=O.O=S(=O)=O.O=S(=O)=O.[Cu]. The van der Waals surface area contributed by atoms with Gasteiger partial charge in [0.1, 0.15) is 32.6 Å². The van der Waals surface area contributed by atoms with Crippen LogP contribution in [0.1, 0.15) is 38.2 Å². The molecule has 34 heteroatoms. The number of hydrogen-bond donors (Lipinski definition) is 6. The molecule has 5 rings (SSSR count). The van der Waals surface area contributed by atoms with Crippen LogP contribution < -0.4 is 5.32 Å². The van der Waals surface area contributed by atoms with Crippen LogP contribution >= 0.6 is 0 Å². The zero-order chi connectivity index (χ0) is 52.3. The number of nitrogens with zero attached hydrogens (tertiary/aromatic N) is 4. The van der Waals surface area contributed by atoms with Gasteiger partial charge in [0.2, 0.25) is 5.91 Å². The first kappa shape index (κ1) is 61.8. The monoisotopic (exact) mass is 1150 g/mol. The summed E-state index contributed by atoms with van der Waals surface area (Å²) < 4.78 is 168. The second-order valence-electron chi connectivity index (χ2n) is 13.3. The summed E-state index contributed by atoms with van der Waals surface area (Å²) in [5.74, 6) is -1.79. The van der Waals surface area contributed by atoms with Gasteiger partial charge >= 0.3 is 42.2 Å². The number of sulfone groups is 1. The fourth-order valence-corrected chi connectivity index (χ4v) is 8.00. The van der Waals surface area contributed by atoms with E-state index in [4.69, 9.17) is 42.4 Å². The molecule has 0 spiro atoms. The van der Waals surface area contributed by atoms with Gasteiger partial charge in [0.05, 0.1) is 28.6 Å². The van der Waals surface area contributed by atoms with Gasteiger partial charge in [-0.3, -0.25) is 13.9 Å². The van der Waals surface area contributed by atoms with E-state index in [-0.39, 0.29) is 99.5 Å². The second kappa shape index (κ2) is 28.5. The van der Waals surface area contributed by atoms with Crippen molar-refractivity contribution >= 4 is 118 Å². The number of anilines is 1. The van der Waals surface area contributed by atoms with Crippen molar-refractivity contribution in [3.63, 3.8) is 0 Å². The molecule has 70 heavy (non-hydrogen) atoms. The Hall–Kier alpha value is -6.20. The van der Waals surface area contributed by atoms with Crippen molar-refractivity contribution in [3.8, 4) is 17.2 Å². The molecular formula is C36H37CuN5O22S6. The van der Waals surface area contributed by atoms with Crippen LogP contribution in [-0.2, 0) is 94.6 Å². The smallest absolute Gasteiger partial charge is 0.425 e. The average molecular weight is 1150 g/mol. The summed E-state index contributed by atoms with van der Waals surface area (Å²) in [4.78, 5) is 12.2. The molecule has 1 radical (unpaired) electrons. The quantitative estimate of drug-likeness (QED) is 0.0324. The van der Waals surface area contributed by atoms with E-state index in [2.05, 4.69) is 30.0 Å². The molecule has 0 aliphatic rings. The van der Waals surface area contributed by atoms with Gasteiger partial charge in [-0.15, -0.1) is 53.2 Å². The van der Waals surface area contributed by atoms with E-state index in [0.717, 1.165) is 12.1 Å². The maximum Gasteiger partial charge on any atom is 0.425 e. The number of nitrogens with one attached hydrogen (secondary N) is 1. The Morgan fingerprint density at radius 3 is 1.74 bits per heavy atom. The minimum atomic E-state index is -4.73. The Bertz CT molecular complexity index is 3390. The van der Waals surface area contributed by atoms with Crippen molar-refractivity contribution in [1.82, 2.24) is 0 Å². The number of azo groups is 2. The molecule has 6 N–H and O–H groups in total. The number of carbonyl (C=O) groups is 1. The van der Waals surface area contributed by atoms with E-state index in [1.165, 1.54) is 36.4 Å². The standard InChI is InChI=1S/C36H37N5O13S3.Cu.3O3S/c1-2-16-55(46,47)17-4-6-33(43)37-31-21-26(56(48,49)50)20-24-9-14-30(36(45)34(24)31)40-38-25-10-11-27-23(19-25)8-13-29(35(27)44)41-39-28-12-7-22(18-32(28)42)5-3-15-54-57(51,52)53;;3*1-4(2)3/h7-14,18-21,42,44-45H,2-6,15-17H2,1H3,(H,37,43)(H,48,49,50)(H,51,52,53);;;;. The van der Waals surface area contributed by atoms with Gasteiger partial charge in [0, 0.05) is 40.0 Å². The molecule has 0 aromatic heterocycles. The van der Waals surface area contributed by atoms with Crippen molar-refractivity contribution in [1.29, 1.82) is 0 Å². The largest absolute Gasteiger partial charge is 0.506 e. The molecule has 0 bridgehead atoms. The summed E-state index contributed by atoms with van der Waals surface area (Å²) in [6.45, 7) is 1.48. The maximum atomic E-state index is 12.8. The van der Waals surface area contributed by atoms with E-state index in [9.17, 15) is 49.9 Å². The first-order valence-corrected chi connectivity index (χ1v) is 26.3. The number of fused-ring (bicyclic) bond motifs is 2. The minimum Gasteiger partial charge on any atom is -0.506 e. The normalized spacial score (nSPS) is 11.3. The Morgan fingerprint density at radius 1 is 0.643 bits per heavy atom. The van der Waals surface area contributed by atoms with Crippen LogP contribution in [0.2, 0.25) is 0 Å². The zero-order valence-corrected chi connectivity index (χ0v) is 41.1. The Balaban J connectivity index is 0.00000169. The van der Waals surface area contributed by atoms with Crippen molar-refractivity contribution < 1.29 is 114 Å². The van der Waals surface area contributed by atoms with Gasteiger partial charge in [-0.05, 0) is 96.6 Å². The summed E-state index contributed by atoms with van der Waals surface area (Å²) in [5, 5.41) is 52.5. The van der Waals surface area contributed by atoms with Crippen LogP contribution in [-0.4, -0.2) is 112 Å². The van der Waals surface area contributed by atoms with E-state index in [1.807, 2.05) is 0 Å². The fourth-order valence-electron chi connectivity index (χ4n) is 5.72. The molecule has 0 unspecified atom stereocenters. The molecule has 0 fully saturated rings. The number of rotatable bonds is 17. The second-order valence-corrected chi connectivity index (χ2v) is 19.3. The molecule has 0 heterocycles. The number of aryl methyl sites for hydroxylation is 1. The first-order chi connectivity index (χ1) is 32.0. The van der Waals surface area contributed by atoms with Crippen LogP contribution in [0.3, 0.4) is 0 Å². The third-order valence-corrected chi connectivity index (χ3v) is 11.6. The predicted molar refractivity (Wildman–Crippen MR) is 239 cm³/mol. The molecule has 0 aliphatic carbocycles. The predicted octanol–water partition coefficient (Wildman–Crippen LogP) is 4.47. The molecule has 0 saturated carbocycles. The number of aromatic hydroxyl groups is 3. The van der Waals surface area contributed by atoms with E-state index >= 15 is 0 Å². The molecule has 0 aliphatic heterocycles. The minimum absolute atomic E-state index is 0. The molecule has 0 atom stereocenters. The van der Waals surface area contributed by atoms with Gasteiger partial charge < -0.3 is 20.6 Å². The summed E-state index contributed by atoms with van der Waals surface area (Å²) in [6.07, 6.45) is 0.819. The fraction of sp³-hybridized carbons (Fsp3) is 0.250. The Morgan fingerprint density at radius 2 is 1.19 bits per heavy atom. The Kier molecular flexibility index (Phi) is 25.1. The molecule has 5 aromatic carbocycles. The number of carbonyl (C=O) groups excluding carboxylic acids is 1. The van der Waals surface area contributed by atoms with E-state index in [0.29, 0.717) is 34.9 Å². The third kappa shape index (κ3) is 22.5. The summed E-state index contributed by atoms with van der Waals surface area (Å²) in [7, 11) is -21.9. The van der Waals surface area contributed by atoms with Crippen molar-refractivity contribution in [2.24, 2.45) is 20.5 Å². The number of phenolic OH excluding ortho intramolecular Hbond substituents is 3. The number of amides is 1. The topological polar surface area (TPSA) is 445 Å². The summed E-state index contributed by atoms with van der Waals surface area (Å²) >= 11 is 0. The van der Waals surface area contributed by atoms with E-state index < -0.39 is 78.7 Å². The third-order valence-electron chi connectivity index (χ3n) is 8.36. The molecule has 385 valence electrons. The van der Waals surface area contributed by atoms with Gasteiger partial charge in [0.25, 0.3) is 10.1 Å². The van der Waals surface area contributed by atoms with Crippen LogP contribution in [0, 0.1) is 0 Å².